The molecule has 0 heterocycles. The van der Waals surface area contributed by atoms with Crippen LogP contribution in [0.3, 0.4) is 0 Å². The number of nitro benzene ring substituents is 1. The van der Waals surface area contributed by atoms with Gasteiger partial charge in [-0.3, -0.25) is 14.9 Å². The molecule has 0 radical (unpaired) electrons. The highest BCUT2D eigenvalue weighted by molar-refractivity contribution is 5.88. The molecular formula is C12H15NO4. The highest BCUT2D eigenvalue weighted by Gasteiger charge is 2.24. The zero-order valence-electron chi connectivity index (χ0n) is 10.1. The van der Waals surface area contributed by atoms with E-state index in [-0.39, 0.29) is 17.9 Å². The molecule has 0 bridgehead atoms. The van der Waals surface area contributed by atoms with Gasteiger partial charge in [-0.15, -0.1) is 0 Å². The Morgan fingerprint density at radius 3 is 2.47 bits per heavy atom. The second kappa shape index (κ2) is 4.63. The molecule has 5 heteroatoms. The summed E-state index contributed by atoms with van der Waals surface area (Å²) < 4.78 is 0. The van der Waals surface area contributed by atoms with Gasteiger partial charge in [0.15, 0.2) is 5.78 Å². The van der Waals surface area contributed by atoms with Gasteiger partial charge in [0.1, 0.15) is 5.60 Å². The third-order valence-electron chi connectivity index (χ3n) is 2.50. The first-order chi connectivity index (χ1) is 7.71. The van der Waals surface area contributed by atoms with Crippen LogP contribution in [0.15, 0.2) is 18.2 Å². The molecule has 0 fully saturated rings. The maximum Gasteiger partial charge on any atom is 0.272 e. The van der Waals surface area contributed by atoms with Crippen LogP contribution in [-0.2, 0) is 11.2 Å². The van der Waals surface area contributed by atoms with Gasteiger partial charge in [-0.1, -0.05) is 6.07 Å². The fourth-order valence-corrected chi connectivity index (χ4v) is 1.43. The first-order valence-corrected chi connectivity index (χ1v) is 5.21. The van der Waals surface area contributed by atoms with E-state index in [0.29, 0.717) is 11.1 Å². The average molecular weight is 237 g/mol. The molecule has 0 aliphatic rings. The molecule has 0 unspecified atom stereocenters. The molecule has 0 aliphatic heterocycles. The molecule has 0 aromatic heterocycles. The average Bonchev–Trinajstić information content (AvgIpc) is 2.15. The third kappa shape index (κ3) is 3.35. The Hall–Kier alpha value is -1.75. The van der Waals surface area contributed by atoms with Crippen LogP contribution < -0.4 is 0 Å². The summed E-state index contributed by atoms with van der Waals surface area (Å²) in [5, 5.41) is 20.1. The first kappa shape index (κ1) is 13.3. The maximum atomic E-state index is 11.6. The van der Waals surface area contributed by atoms with Crippen LogP contribution in [0.4, 0.5) is 5.69 Å². The Bertz CT molecular complexity index is 460. The van der Waals surface area contributed by atoms with Crippen LogP contribution in [0.25, 0.3) is 0 Å². The predicted octanol–water partition coefficient (Wildman–Crippen LogP) is 1.79. The van der Waals surface area contributed by atoms with Crippen molar-refractivity contribution in [3.63, 3.8) is 0 Å². The van der Waals surface area contributed by atoms with Gasteiger partial charge in [0.2, 0.25) is 0 Å². The van der Waals surface area contributed by atoms with Gasteiger partial charge in [0, 0.05) is 18.1 Å². The van der Waals surface area contributed by atoms with Crippen molar-refractivity contribution in [3.05, 3.63) is 39.4 Å². The van der Waals surface area contributed by atoms with Crippen molar-refractivity contribution in [1.29, 1.82) is 0 Å². The number of nitrogens with zero attached hydrogens (tertiary/aromatic N) is 1. The van der Waals surface area contributed by atoms with E-state index in [2.05, 4.69) is 0 Å². The van der Waals surface area contributed by atoms with E-state index >= 15 is 0 Å². The lowest BCUT2D eigenvalue weighted by atomic mass is 9.96. The summed E-state index contributed by atoms with van der Waals surface area (Å²) in [5.74, 6) is -0.314. The van der Waals surface area contributed by atoms with Crippen LogP contribution in [0.2, 0.25) is 0 Å². The zero-order valence-corrected chi connectivity index (χ0v) is 10.1. The van der Waals surface area contributed by atoms with Gasteiger partial charge >= 0.3 is 0 Å². The second-order valence-electron chi connectivity index (χ2n) is 4.54. The highest BCUT2D eigenvalue weighted by Crippen LogP contribution is 2.20. The van der Waals surface area contributed by atoms with Crippen LogP contribution in [0.1, 0.15) is 25.0 Å². The fourth-order valence-electron chi connectivity index (χ4n) is 1.43. The molecule has 5 nitrogen and oxygen atoms in total. The summed E-state index contributed by atoms with van der Waals surface area (Å²) >= 11 is 0. The van der Waals surface area contributed by atoms with Crippen molar-refractivity contribution < 1.29 is 14.8 Å². The van der Waals surface area contributed by atoms with E-state index < -0.39 is 10.5 Å². The topological polar surface area (TPSA) is 80.4 Å². The number of hydrogen-bond acceptors (Lipinski definition) is 4. The number of benzene rings is 1. The van der Waals surface area contributed by atoms with E-state index in [1.54, 1.807) is 13.0 Å². The quantitative estimate of drug-likeness (QED) is 0.639. The van der Waals surface area contributed by atoms with Gasteiger partial charge in [-0.05, 0) is 32.4 Å². The standard InChI is InChI=1S/C12H15NO4/c1-8-6-9(4-5-10(8)13(16)17)7-11(14)12(2,3)15/h4-6,15H,7H2,1-3H3. The lowest BCUT2D eigenvalue weighted by Gasteiger charge is -2.15. The Morgan fingerprint density at radius 1 is 1.47 bits per heavy atom. The van der Waals surface area contributed by atoms with Crippen molar-refractivity contribution in [2.75, 3.05) is 0 Å². The van der Waals surface area contributed by atoms with Crippen molar-refractivity contribution in [2.45, 2.75) is 32.8 Å². The Labute approximate surface area is 99.2 Å². The van der Waals surface area contributed by atoms with E-state index in [1.165, 1.54) is 26.0 Å². The fraction of sp³-hybridized carbons (Fsp3) is 0.417. The van der Waals surface area contributed by atoms with E-state index in [9.17, 15) is 20.0 Å². The Balaban J connectivity index is 2.92. The van der Waals surface area contributed by atoms with Crippen molar-refractivity contribution in [1.82, 2.24) is 0 Å². The van der Waals surface area contributed by atoms with Crippen molar-refractivity contribution in [2.24, 2.45) is 0 Å². The van der Waals surface area contributed by atoms with Crippen molar-refractivity contribution in [3.8, 4) is 0 Å². The molecule has 1 aromatic rings. The number of nitro groups is 1. The minimum atomic E-state index is -1.38. The molecule has 0 atom stereocenters. The number of ketones is 1. The minimum Gasteiger partial charge on any atom is -0.383 e. The number of carbonyl (C=O) groups is 1. The molecule has 92 valence electrons. The second-order valence-corrected chi connectivity index (χ2v) is 4.54. The molecule has 0 aliphatic carbocycles. The van der Waals surface area contributed by atoms with Gasteiger partial charge < -0.3 is 5.11 Å². The van der Waals surface area contributed by atoms with Crippen LogP contribution in [0.5, 0.6) is 0 Å². The summed E-state index contributed by atoms with van der Waals surface area (Å²) in [6.45, 7) is 4.47. The van der Waals surface area contributed by atoms with Crippen LogP contribution in [-0.4, -0.2) is 21.4 Å². The van der Waals surface area contributed by atoms with E-state index in [4.69, 9.17) is 0 Å². The van der Waals surface area contributed by atoms with Gasteiger partial charge in [0.05, 0.1) is 4.92 Å². The first-order valence-electron chi connectivity index (χ1n) is 5.21. The zero-order chi connectivity index (χ0) is 13.2. The number of rotatable bonds is 4. The summed E-state index contributed by atoms with van der Waals surface area (Å²) in [7, 11) is 0. The van der Waals surface area contributed by atoms with Crippen molar-refractivity contribution >= 4 is 11.5 Å². The number of hydrogen-bond donors (Lipinski definition) is 1. The number of carbonyl (C=O) groups excluding carboxylic acids is 1. The number of Topliss-reactive ketones (excluding diaryl/α,β-unsaturated/α-hetero) is 1. The smallest absolute Gasteiger partial charge is 0.272 e. The molecule has 0 saturated carbocycles. The molecule has 0 amide bonds. The molecule has 1 aromatic carbocycles. The monoisotopic (exact) mass is 237 g/mol. The molecule has 0 spiro atoms. The summed E-state index contributed by atoms with van der Waals surface area (Å²) in [6, 6.07) is 4.51. The molecule has 1 rings (SSSR count). The third-order valence-corrected chi connectivity index (χ3v) is 2.50. The summed E-state index contributed by atoms with van der Waals surface area (Å²) in [4.78, 5) is 21.7. The van der Waals surface area contributed by atoms with Gasteiger partial charge in [0.25, 0.3) is 5.69 Å². The molecule has 1 N–H and O–H groups in total. The molecule has 0 saturated heterocycles. The Morgan fingerprint density at radius 2 is 2.06 bits per heavy atom. The predicted molar refractivity (Wildman–Crippen MR) is 62.8 cm³/mol. The van der Waals surface area contributed by atoms with Crippen LogP contribution >= 0.6 is 0 Å². The normalized spacial score (nSPS) is 11.3. The van der Waals surface area contributed by atoms with Gasteiger partial charge in [-0.2, -0.15) is 0 Å². The van der Waals surface area contributed by atoms with E-state index in [1.807, 2.05) is 0 Å². The largest absolute Gasteiger partial charge is 0.383 e. The number of aliphatic hydroxyl groups is 1. The lowest BCUT2D eigenvalue weighted by Crippen LogP contribution is -2.32. The lowest BCUT2D eigenvalue weighted by molar-refractivity contribution is -0.385. The maximum absolute atomic E-state index is 11.6. The molecular weight excluding hydrogens is 222 g/mol. The minimum absolute atomic E-state index is 0.0319. The molecule has 17 heavy (non-hydrogen) atoms. The highest BCUT2D eigenvalue weighted by atomic mass is 16.6. The Kier molecular flexibility index (Phi) is 3.63. The van der Waals surface area contributed by atoms with E-state index in [0.717, 1.165) is 0 Å². The summed E-state index contributed by atoms with van der Waals surface area (Å²) in [5.41, 5.74) is -0.170. The van der Waals surface area contributed by atoms with Gasteiger partial charge in [-0.25, -0.2) is 0 Å². The SMILES string of the molecule is Cc1cc(CC(=O)C(C)(C)O)ccc1[N+](=O)[O-]. The number of aryl methyl sites for hydroxylation is 1. The summed E-state index contributed by atoms with van der Waals surface area (Å²) in [6.07, 6.45) is 0.0718. The van der Waals surface area contributed by atoms with Crippen LogP contribution in [0, 0.1) is 17.0 Å².